The Morgan fingerprint density at radius 3 is 2.28 bits per heavy atom. The maximum Gasteiger partial charge on any atom is 0.407 e. The van der Waals surface area contributed by atoms with Crippen LogP contribution >= 0.6 is 11.8 Å². The Bertz CT molecular complexity index is 2740. The van der Waals surface area contributed by atoms with Crippen molar-refractivity contribution in [2.75, 3.05) is 31.3 Å². The van der Waals surface area contributed by atoms with Crippen molar-refractivity contribution in [2.45, 2.75) is 230 Å². The smallest absolute Gasteiger partial charge is 0.407 e. The molecule has 0 radical (unpaired) electrons. The van der Waals surface area contributed by atoms with Crippen molar-refractivity contribution in [3.8, 4) is 0 Å². The van der Waals surface area contributed by atoms with Crippen LogP contribution in [0.15, 0.2) is 60.2 Å². The number of urea groups is 1. The van der Waals surface area contributed by atoms with Gasteiger partial charge < -0.3 is 55.8 Å². The van der Waals surface area contributed by atoms with Gasteiger partial charge in [0.25, 0.3) is 0 Å². The minimum absolute atomic E-state index is 0.0237. The number of imide groups is 1. The molecule has 7 N–H and O–H groups in total. The largest absolute Gasteiger partial charge is 0.459 e. The lowest BCUT2D eigenvalue weighted by atomic mass is 9.81. The molecule has 0 aromatic heterocycles. The van der Waals surface area contributed by atoms with Gasteiger partial charge in [-0.2, -0.15) is 11.8 Å². The van der Waals surface area contributed by atoms with E-state index in [4.69, 9.17) is 29.4 Å². The van der Waals surface area contributed by atoms with Gasteiger partial charge in [0.2, 0.25) is 23.6 Å². The van der Waals surface area contributed by atoms with Gasteiger partial charge in [-0.05, 0) is 133 Å². The number of rotatable bonds is 34. The molecule has 4 saturated heterocycles. The third-order valence-electron chi connectivity index (χ3n) is 18.0. The number of primary amides is 1. The highest BCUT2D eigenvalue weighted by Gasteiger charge is 2.58. The second-order valence-electron chi connectivity index (χ2n) is 25.7. The lowest BCUT2D eigenvalue weighted by molar-refractivity contribution is -0.145. The van der Waals surface area contributed by atoms with Crippen LogP contribution < -0.4 is 27.0 Å². The number of likely N-dealkylation sites (tertiary alicyclic amines) is 1. The summed E-state index contributed by atoms with van der Waals surface area (Å²) in [6.07, 6.45) is 15.4. The number of nitrogens with two attached hydrogens (primary N) is 1. The Labute approximate surface area is 534 Å². The molecular weight excluding hydrogens is 1180 g/mol. The number of alkyl carbamates (subject to hydrolysis) is 1. The van der Waals surface area contributed by atoms with E-state index in [1.54, 1.807) is 31.2 Å². The summed E-state index contributed by atoms with van der Waals surface area (Å²) in [6, 6.07) is 5.81. The predicted octanol–water partition coefficient (Wildman–Crippen LogP) is 8.05. The monoisotopic (exact) mass is 1270 g/mol. The third-order valence-corrected chi connectivity index (χ3v) is 18.9. The molecule has 1 aliphatic carbocycles. The Morgan fingerprint density at radius 2 is 1.62 bits per heavy atom. The number of Topliss-reactive ketones (excluding diaryl/α,β-unsaturated/α-hetero) is 3. The summed E-state index contributed by atoms with van der Waals surface area (Å²) in [5, 5.41) is 22.3. The maximum atomic E-state index is 13.9. The highest BCUT2D eigenvalue weighted by Crippen LogP contribution is 2.44. The molecule has 1 spiro atoms. The molecule has 22 nitrogen and oxygen atoms in total. The number of anilines is 1. The summed E-state index contributed by atoms with van der Waals surface area (Å²) < 4.78 is 29.1. The summed E-state index contributed by atoms with van der Waals surface area (Å²) >= 11 is 1.37. The average molecular weight is 1280 g/mol. The fourth-order valence-electron chi connectivity index (χ4n) is 12.5. The molecule has 1 saturated carbocycles. The van der Waals surface area contributed by atoms with Crippen LogP contribution in [0.4, 0.5) is 15.3 Å². The number of benzene rings is 1. The quantitative estimate of drug-likeness (QED) is 0.00949. The van der Waals surface area contributed by atoms with Gasteiger partial charge in [-0.25, -0.2) is 9.59 Å². The van der Waals surface area contributed by atoms with E-state index >= 15 is 0 Å². The Hall–Kier alpha value is -6.27. The van der Waals surface area contributed by atoms with Gasteiger partial charge in [-0.1, -0.05) is 63.1 Å². The van der Waals surface area contributed by atoms with Crippen LogP contribution in [0.25, 0.3) is 0 Å². The molecule has 1 aromatic rings. The van der Waals surface area contributed by atoms with Crippen molar-refractivity contribution in [3.63, 3.8) is 0 Å². The van der Waals surface area contributed by atoms with Crippen molar-refractivity contribution in [3.05, 3.63) is 65.8 Å². The number of nitrogens with zero attached hydrogens (tertiary/aromatic N) is 1. The maximum absolute atomic E-state index is 13.9. The van der Waals surface area contributed by atoms with Crippen LogP contribution in [-0.4, -0.2) is 155 Å². The topological polar surface area (TPSA) is 318 Å². The number of thioether (sulfide) groups is 1. The molecule has 90 heavy (non-hydrogen) atoms. The summed E-state index contributed by atoms with van der Waals surface area (Å²) in [5.74, 6) is -2.82. The zero-order valence-electron chi connectivity index (χ0n) is 53.8. The van der Waals surface area contributed by atoms with Crippen LogP contribution in [-0.2, 0) is 68.6 Å². The summed E-state index contributed by atoms with van der Waals surface area (Å²) in [6.45, 7) is 13.7. The predicted molar refractivity (Wildman–Crippen MR) is 339 cm³/mol. The van der Waals surface area contributed by atoms with Crippen LogP contribution in [0.1, 0.15) is 170 Å². The molecule has 23 heteroatoms. The standard InChI is InChI=1S/C67H98N6O16S/c1-40(2)54(35-51(75)14-10-9-11-30-73-61(79)36-59(90-8)64(73)82)56(77)33-48(13-12-29-69-65(68)83)63(81)70-49-24-20-47(21-25-49)38-85-66(84)71-50-22-18-46(19-23-50)32-52(76)34-53-37-67(39-86-67)62(80)58(89-53)27-16-41(3)15-26-57-42(4)31-55(44(6)88-57)72-60(78)28-17-43(5)87-45(7)74/h15-17,20-21,24-25,27-28,40,42-44,46,48,50,53-55,57-59,62,80H,9-14,18-19,22-23,26,29-39H2,1-8H3,(H,70,81)(H,71,84)(H,72,78)(H3,68,69,83)/b27-16+,28-17-,41-15+/t42-,43-,44+,46?,48+,50?,53+,54-,55+,57-,58+,59?,62+,67+/m0/s1. The van der Waals surface area contributed by atoms with E-state index in [1.165, 1.54) is 35.7 Å². The van der Waals surface area contributed by atoms with E-state index in [2.05, 4.69) is 34.3 Å². The number of epoxide rings is 1. The Balaban J connectivity index is 0.881. The van der Waals surface area contributed by atoms with Crippen molar-refractivity contribution in [1.82, 2.24) is 20.9 Å². The number of allylic oxidation sites excluding steroid dienone is 2. The van der Waals surface area contributed by atoms with E-state index in [0.29, 0.717) is 82.2 Å². The SMILES string of the molecule is CSC1CC(=O)N(CCCCCC(=O)C[C@H](C(=O)C[C@@H](CCCNC(N)=O)C(=O)Nc2ccc(COC(=O)NC3CCC(CC(=O)C[C@@H]4C[C@@]5(CO5)[C@H](O)[C@@H](/C=C/C(C)=C/C[C@@H]5O[C@H](C)[C@H](NC(=O)/C=C\[C@H](C)OC(C)=O)C[C@@H]5C)O4)CC3)cc2)C(C)C)C1=O. The lowest BCUT2D eigenvalue weighted by Crippen LogP contribution is -2.50. The number of aliphatic hydroxyl groups excluding tert-OH is 1. The van der Waals surface area contributed by atoms with Gasteiger partial charge in [-0.15, -0.1) is 0 Å². The average Bonchev–Trinajstić information content (AvgIpc) is 1.60. The van der Waals surface area contributed by atoms with Crippen LogP contribution in [0.2, 0.25) is 0 Å². The number of unbranched alkanes of at least 4 members (excludes halogenated alkanes) is 2. The van der Waals surface area contributed by atoms with Gasteiger partial charge >= 0.3 is 18.1 Å². The minimum Gasteiger partial charge on any atom is -0.459 e. The van der Waals surface area contributed by atoms with Crippen LogP contribution in [0, 0.1) is 29.6 Å². The number of hydrogen-bond acceptors (Lipinski definition) is 17. The number of nitrogens with one attached hydrogen (secondary N) is 4. The van der Waals surface area contributed by atoms with E-state index in [1.807, 2.05) is 46.1 Å². The molecule has 1 aromatic carbocycles. The first-order valence-corrected chi connectivity index (χ1v) is 33.5. The zero-order valence-corrected chi connectivity index (χ0v) is 54.7. The van der Waals surface area contributed by atoms with Crippen molar-refractivity contribution < 1.29 is 76.7 Å². The minimum atomic E-state index is -0.880. The highest BCUT2D eigenvalue weighted by molar-refractivity contribution is 8.00. The Kier molecular flexibility index (Phi) is 28.7. The molecule has 5 fully saturated rings. The molecule has 6 rings (SSSR count). The third kappa shape index (κ3) is 23.4. The number of esters is 1. The second kappa shape index (κ2) is 35.5. The number of ketones is 3. The van der Waals surface area contributed by atoms with Gasteiger partial charge in [0, 0.05) is 94.6 Å². The first-order chi connectivity index (χ1) is 42.8. The highest BCUT2D eigenvalue weighted by atomic mass is 32.2. The summed E-state index contributed by atoms with van der Waals surface area (Å²) in [7, 11) is 0. The number of carbonyl (C=O) groups excluding carboxylic acids is 10. The normalized spacial score (nSPS) is 27.1. The van der Waals surface area contributed by atoms with Crippen molar-refractivity contribution >= 4 is 76.5 Å². The molecule has 1 unspecified atom stereocenters. The van der Waals surface area contributed by atoms with Gasteiger partial charge in [0.1, 0.15) is 47.9 Å². The van der Waals surface area contributed by atoms with Gasteiger partial charge in [-0.3, -0.25) is 43.3 Å². The molecule has 4 aliphatic heterocycles. The second-order valence-corrected chi connectivity index (χ2v) is 26.8. The fourth-order valence-corrected chi connectivity index (χ4v) is 13.2. The van der Waals surface area contributed by atoms with Crippen molar-refractivity contribution in [1.29, 1.82) is 0 Å². The van der Waals surface area contributed by atoms with E-state index < -0.39 is 65.9 Å². The summed E-state index contributed by atoms with van der Waals surface area (Å²) in [5.41, 5.74) is 6.62. The fraction of sp³-hybridized carbons (Fsp3) is 0.672. The van der Waals surface area contributed by atoms with Crippen LogP contribution in [0.5, 0.6) is 0 Å². The number of hydrogen-bond donors (Lipinski definition) is 6. The molecular formula is C67H98N6O16S. The number of carbonyl (C=O) groups is 10. The molecule has 7 amide bonds. The van der Waals surface area contributed by atoms with Crippen molar-refractivity contribution in [2.24, 2.45) is 35.3 Å². The zero-order chi connectivity index (χ0) is 65.7. The number of ether oxygens (including phenoxy) is 5. The Morgan fingerprint density at radius 1 is 0.900 bits per heavy atom. The first kappa shape index (κ1) is 72.8. The number of aliphatic hydroxyl groups is 1. The molecule has 4 heterocycles. The van der Waals surface area contributed by atoms with Gasteiger partial charge in [0.15, 0.2) is 0 Å². The van der Waals surface area contributed by atoms with Crippen LogP contribution in [0.3, 0.4) is 0 Å². The number of amides is 7. The molecule has 5 aliphatic rings. The summed E-state index contributed by atoms with van der Waals surface area (Å²) in [4.78, 5) is 128. The molecule has 498 valence electrons. The van der Waals surface area contributed by atoms with E-state index in [-0.39, 0.29) is 134 Å². The van der Waals surface area contributed by atoms with E-state index in [9.17, 15) is 53.1 Å². The first-order valence-electron chi connectivity index (χ1n) is 32.2. The van der Waals surface area contributed by atoms with E-state index in [0.717, 1.165) is 24.8 Å². The van der Waals surface area contributed by atoms with Gasteiger partial charge in [0.05, 0.1) is 36.2 Å². The lowest BCUT2D eigenvalue weighted by Gasteiger charge is -2.39. The molecule has 12 atom stereocenters. The molecule has 0 bridgehead atoms.